The van der Waals surface area contributed by atoms with Crippen molar-refractivity contribution in [3.63, 3.8) is 0 Å². The van der Waals surface area contributed by atoms with Crippen LogP contribution in [0.5, 0.6) is 0 Å². The molecule has 0 bridgehead atoms. The van der Waals surface area contributed by atoms with Gasteiger partial charge < -0.3 is 21.5 Å². The summed E-state index contributed by atoms with van der Waals surface area (Å²) in [6.07, 6.45) is 3.07. The Balaban J connectivity index is 1.73. The second-order valence-corrected chi connectivity index (χ2v) is 10.2. The second kappa shape index (κ2) is 10.7. The second-order valence-electron chi connectivity index (χ2n) is 10.2. The highest BCUT2D eigenvalue weighted by molar-refractivity contribution is 6.10. The summed E-state index contributed by atoms with van der Waals surface area (Å²) in [5.41, 5.74) is 7.36. The molecule has 5 N–H and O–H groups in total. The van der Waals surface area contributed by atoms with Crippen molar-refractivity contribution in [2.75, 3.05) is 17.6 Å². The number of pyridine rings is 2. The van der Waals surface area contributed by atoms with E-state index >= 15 is 0 Å². The molecule has 0 unspecified atom stereocenters. The largest absolute Gasteiger partial charge is 0.478 e. The molecule has 0 saturated carbocycles. The average molecular weight is 524 g/mol. The maximum atomic E-state index is 13.5. The smallest absolute Gasteiger partial charge is 0.336 e. The number of rotatable bonds is 7. The normalized spacial score (nSPS) is 11.2. The van der Waals surface area contributed by atoms with Gasteiger partial charge in [0.1, 0.15) is 11.5 Å². The molecule has 9 heteroatoms. The van der Waals surface area contributed by atoms with Gasteiger partial charge in [-0.25, -0.2) is 14.8 Å². The molecule has 0 spiro atoms. The summed E-state index contributed by atoms with van der Waals surface area (Å²) in [5.74, 6) is -1.79. The van der Waals surface area contributed by atoms with Crippen molar-refractivity contribution in [2.24, 2.45) is 5.41 Å². The molecule has 0 aliphatic carbocycles. The van der Waals surface area contributed by atoms with Crippen LogP contribution in [0.15, 0.2) is 67.4 Å². The van der Waals surface area contributed by atoms with Crippen LogP contribution in [0.3, 0.4) is 0 Å². The molecule has 4 rings (SSSR count). The van der Waals surface area contributed by atoms with E-state index in [2.05, 4.69) is 27.2 Å². The third-order valence-corrected chi connectivity index (χ3v) is 5.98. The minimum absolute atomic E-state index is 0.00849. The van der Waals surface area contributed by atoms with Crippen LogP contribution in [0.2, 0.25) is 0 Å². The van der Waals surface area contributed by atoms with Crippen LogP contribution in [0, 0.1) is 5.41 Å². The van der Waals surface area contributed by atoms with Crippen LogP contribution in [0.4, 0.5) is 11.5 Å². The number of nitrogens with one attached hydrogen (secondary N) is 2. The summed E-state index contributed by atoms with van der Waals surface area (Å²) in [7, 11) is 0. The molecule has 2 amide bonds. The van der Waals surface area contributed by atoms with Crippen molar-refractivity contribution in [1.29, 1.82) is 0 Å². The molecule has 0 fully saturated rings. The molecule has 2 aromatic carbocycles. The lowest BCUT2D eigenvalue weighted by Crippen LogP contribution is -2.32. The minimum Gasteiger partial charge on any atom is -0.478 e. The molecule has 0 aliphatic heterocycles. The first kappa shape index (κ1) is 27.0. The summed E-state index contributed by atoms with van der Waals surface area (Å²) >= 11 is 0. The predicted molar refractivity (Wildman–Crippen MR) is 153 cm³/mol. The van der Waals surface area contributed by atoms with Crippen LogP contribution in [0.25, 0.3) is 28.0 Å². The van der Waals surface area contributed by atoms with E-state index in [1.165, 1.54) is 24.3 Å². The van der Waals surface area contributed by atoms with E-state index in [4.69, 9.17) is 5.73 Å². The third-order valence-electron chi connectivity index (χ3n) is 5.98. The highest BCUT2D eigenvalue weighted by Crippen LogP contribution is 2.30. The molecular weight excluding hydrogens is 494 g/mol. The van der Waals surface area contributed by atoms with Gasteiger partial charge in [-0.1, -0.05) is 33.4 Å². The van der Waals surface area contributed by atoms with Crippen LogP contribution >= 0.6 is 0 Å². The topological polar surface area (TPSA) is 147 Å². The van der Waals surface area contributed by atoms with Crippen molar-refractivity contribution >= 4 is 46.1 Å². The van der Waals surface area contributed by atoms with E-state index in [0.717, 1.165) is 10.8 Å². The number of carboxylic acid groups (broad SMARTS) is 1. The fourth-order valence-corrected chi connectivity index (χ4v) is 3.99. The maximum absolute atomic E-state index is 13.5. The van der Waals surface area contributed by atoms with Gasteiger partial charge in [0.25, 0.3) is 11.8 Å². The zero-order valence-electron chi connectivity index (χ0n) is 21.9. The molecule has 198 valence electrons. The summed E-state index contributed by atoms with van der Waals surface area (Å²) < 4.78 is 0. The van der Waals surface area contributed by atoms with Gasteiger partial charge in [-0.3, -0.25) is 9.59 Å². The number of benzene rings is 2. The number of aromatic nitrogens is 2. The fraction of sp³-hybridized carbons (Fsp3) is 0.167. The van der Waals surface area contributed by atoms with Crippen molar-refractivity contribution in [3.8, 4) is 11.1 Å². The average Bonchev–Trinajstić information content (AvgIpc) is 2.90. The van der Waals surface area contributed by atoms with E-state index < -0.39 is 11.9 Å². The number of amides is 2. The molecule has 0 aliphatic rings. The summed E-state index contributed by atoms with van der Waals surface area (Å²) in [4.78, 5) is 46.9. The number of carbonyl (C=O) groups is 3. The van der Waals surface area contributed by atoms with Gasteiger partial charge in [-0.05, 0) is 71.0 Å². The van der Waals surface area contributed by atoms with Gasteiger partial charge >= 0.3 is 5.97 Å². The lowest BCUT2D eigenvalue weighted by Gasteiger charge is -2.19. The number of nitrogens with zero attached hydrogens (tertiary/aromatic N) is 2. The first-order valence-corrected chi connectivity index (χ1v) is 12.2. The van der Waals surface area contributed by atoms with E-state index in [1.807, 2.05) is 20.8 Å². The zero-order chi connectivity index (χ0) is 28.3. The van der Waals surface area contributed by atoms with E-state index in [-0.39, 0.29) is 33.7 Å². The highest BCUT2D eigenvalue weighted by Gasteiger charge is 2.22. The first-order chi connectivity index (χ1) is 18.5. The van der Waals surface area contributed by atoms with Crippen LogP contribution in [-0.4, -0.2) is 39.4 Å². The summed E-state index contributed by atoms with van der Waals surface area (Å²) in [5, 5.41) is 17.2. The number of hydrogen-bond acceptors (Lipinski definition) is 6. The Morgan fingerprint density at radius 1 is 1.00 bits per heavy atom. The summed E-state index contributed by atoms with van der Waals surface area (Å²) in [6, 6.07) is 14.6. The standard InChI is InChI=1S/C30H29N5O4/c1-5-19-7-11-23(22-9-6-18(15-24(22)29(38)39)27(36)33-16-30(2,3)4)25(34-19)28(37)35-20-8-10-21-17(14-20)12-13-32-26(21)31/h5-15H,1,16H2,2-4H3,(H2,31,32)(H,33,36)(H,35,37)(H,38,39). The molecule has 0 radical (unpaired) electrons. The van der Waals surface area contributed by atoms with Gasteiger partial charge in [-0.2, -0.15) is 0 Å². The Kier molecular flexibility index (Phi) is 7.44. The number of fused-ring (bicyclic) bond motifs is 1. The number of carboxylic acids is 1. The Bertz CT molecular complexity index is 1620. The van der Waals surface area contributed by atoms with Crippen molar-refractivity contribution in [1.82, 2.24) is 15.3 Å². The molecule has 39 heavy (non-hydrogen) atoms. The van der Waals surface area contributed by atoms with Crippen molar-refractivity contribution < 1.29 is 19.5 Å². The lowest BCUT2D eigenvalue weighted by molar-refractivity contribution is 0.0697. The van der Waals surface area contributed by atoms with E-state index in [9.17, 15) is 19.5 Å². The van der Waals surface area contributed by atoms with Crippen LogP contribution < -0.4 is 16.4 Å². The zero-order valence-corrected chi connectivity index (χ0v) is 21.9. The maximum Gasteiger partial charge on any atom is 0.336 e. The molecule has 4 aromatic rings. The number of nitrogen functional groups attached to an aromatic ring is 1. The third kappa shape index (κ3) is 6.10. The molecule has 2 aromatic heterocycles. The molecule has 0 saturated heterocycles. The van der Waals surface area contributed by atoms with Gasteiger partial charge in [0.05, 0.1) is 11.3 Å². The quantitative estimate of drug-likeness (QED) is 0.259. The molecule has 2 heterocycles. The first-order valence-electron chi connectivity index (χ1n) is 12.2. The monoisotopic (exact) mass is 523 g/mol. The Hall–Kier alpha value is -5.05. The van der Waals surface area contributed by atoms with E-state index in [0.29, 0.717) is 29.3 Å². The van der Waals surface area contributed by atoms with Crippen molar-refractivity contribution in [2.45, 2.75) is 20.8 Å². The van der Waals surface area contributed by atoms with Crippen LogP contribution in [-0.2, 0) is 0 Å². The molecular formula is C30H29N5O4. The lowest BCUT2D eigenvalue weighted by atomic mass is 9.94. The van der Waals surface area contributed by atoms with Crippen LogP contribution in [0.1, 0.15) is 57.7 Å². The number of carbonyl (C=O) groups excluding carboxylic acids is 2. The minimum atomic E-state index is -1.24. The Morgan fingerprint density at radius 2 is 1.74 bits per heavy atom. The van der Waals surface area contributed by atoms with Crippen molar-refractivity contribution in [3.05, 3.63) is 89.9 Å². The van der Waals surface area contributed by atoms with E-state index in [1.54, 1.807) is 42.6 Å². The summed E-state index contributed by atoms with van der Waals surface area (Å²) in [6.45, 7) is 10.1. The molecule has 9 nitrogen and oxygen atoms in total. The van der Waals surface area contributed by atoms with Gasteiger partial charge in [0, 0.05) is 34.9 Å². The number of aromatic carboxylic acids is 1. The van der Waals surface area contributed by atoms with Gasteiger partial charge in [0.2, 0.25) is 0 Å². The highest BCUT2D eigenvalue weighted by atomic mass is 16.4. The Labute approximate surface area is 225 Å². The number of hydrogen-bond donors (Lipinski definition) is 4. The molecule has 0 atom stereocenters. The predicted octanol–water partition coefficient (Wildman–Crippen LogP) is 5.25. The van der Waals surface area contributed by atoms with Gasteiger partial charge in [0.15, 0.2) is 0 Å². The Morgan fingerprint density at radius 3 is 2.44 bits per heavy atom. The fourth-order valence-electron chi connectivity index (χ4n) is 3.99. The number of nitrogens with two attached hydrogens (primary N) is 1. The SMILES string of the molecule is C=Cc1ccc(-c2ccc(C(=O)NCC(C)(C)C)cc2C(=O)O)c(C(=O)Nc2ccc3c(N)nccc3c2)n1. The number of anilines is 2. The van der Waals surface area contributed by atoms with Gasteiger partial charge in [-0.15, -0.1) is 0 Å².